The fraction of sp³-hybridized carbons (Fsp3) is 0.680. The molecule has 162 valence electrons. The summed E-state index contributed by atoms with van der Waals surface area (Å²) in [6.07, 6.45) is 6.43. The molecule has 4 aliphatic carbocycles. The molecule has 2 N–H and O–H groups in total. The predicted molar refractivity (Wildman–Crippen MR) is 115 cm³/mol. The highest BCUT2D eigenvalue weighted by Crippen LogP contribution is 2.60. The zero-order chi connectivity index (χ0) is 21.1. The fourth-order valence-corrected chi connectivity index (χ4v) is 7.22. The highest BCUT2D eigenvalue weighted by atomic mass is 16.4. The Morgan fingerprint density at radius 3 is 2.13 bits per heavy atom. The molecule has 30 heavy (non-hydrogen) atoms. The van der Waals surface area contributed by atoms with E-state index in [0.717, 1.165) is 58.0 Å². The normalized spacial score (nSPS) is 35.5. The van der Waals surface area contributed by atoms with Gasteiger partial charge in [0.15, 0.2) is 0 Å². The summed E-state index contributed by atoms with van der Waals surface area (Å²) < 4.78 is 0. The SMILES string of the molecule is CC(C)(C(=O)NC1C2CC3CC1CC(C(=O)O)(C3)C2)N1CCc2ccccc2CC1. The number of hydrogen-bond donors (Lipinski definition) is 2. The lowest BCUT2D eigenvalue weighted by Crippen LogP contribution is -2.64. The lowest BCUT2D eigenvalue weighted by atomic mass is 9.48. The quantitative estimate of drug-likeness (QED) is 0.799. The summed E-state index contributed by atoms with van der Waals surface area (Å²) in [5, 5.41) is 13.3. The molecule has 5 nitrogen and oxygen atoms in total. The largest absolute Gasteiger partial charge is 0.481 e. The topological polar surface area (TPSA) is 69.6 Å². The maximum absolute atomic E-state index is 13.5. The molecule has 2 atom stereocenters. The molecule has 6 rings (SSSR count). The van der Waals surface area contributed by atoms with E-state index in [1.807, 2.05) is 13.8 Å². The minimum atomic E-state index is -0.615. The van der Waals surface area contributed by atoms with E-state index < -0.39 is 16.9 Å². The Balaban J connectivity index is 1.28. The number of carboxylic acids is 1. The predicted octanol–water partition coefficient (Wildman–Crippen LogP) is 3.26. The number of nitrogens with zero attached hydrogens (tertiary/aromatic N) is 1. The molecule has 1 aliphatic heterocycles. The molecule has 0 radical (unpaired) electrons. The van der Waals surface area contributed by atoms with Crippen LogP contribution in [0.5, 0.6) is 0 Å². The van der Waals surface area contributed by atoms with Gasteiger partial charge in [-0.2, -0.15) is 0 Å². The highest BCUT2D eigenvalue weighted by molar-refractivity contribution is 5.86. The second-order valence-electron chi connectivity index (χ2n) is 10.9. The molecule has 1 aromatic carbocycles. The van der Waals surface area contributed by atoms with Crippen LogP contribution in [0.3, 0.4) is 0 Å². The Hall–Kier alpha value is -1.88. The lowest BCUT2D eigenvalue weighted by Gasteiger charge is -2.58. The van der Waals surface area contributed by atoms with E-state index in [1.54, 1.807) is 0 Å². The van der Waals surface area contributed by atoms with Crippen molar-refractivity contribution in [2.45, 2.75) is 70.4 Å². The zero-order valence-electron chi connectivity index (χ0n) is 18.2. The maximum Gasteiger partial charge on any atom is 0.309 e. The van der Waals surface area contributed by atoms with Crippen molar-refractivity contribution in [3.63, 3.8) is 0 Å². The Labute approximate surface area is 179 Å². The van der Waals surface area contributed by atoms with Gasteiger partial charge in [0.1, 0.15) is 0 Å². The van der Waals surface area contributed by atoms with Gasteiger partial charge in [-0.1, -0.05) is 24.3 Å². The average molecular weight is 411 g/mol. The molecule has 5 aliphatic rings. The van der Waals surface area contributed by atoms with Crippen molar-refractivity contribution in [2.75, 3.05) is 13.1 Å². The fourth-order valence-electron chi connectivity index (χ4n) is 7.22. The third-order valence-corrected chi connectivity index (χ3v) is 8.79. The first kappa shape index (κ1) is 20.0. The molecule has 5 heteroatoms. The van der Waals surface area contributed by atoms with Gasteiger partial charge in [0.25, 0.3) is 0 Å². The highest BCUT2D eigenvalue weighted by Gasteiger charge is 2.59. The van der Waals surface area contributed by atoms with Gasteiger partial charge in [0.2, 0.25) is 5.91 Å². The number of hydrogen-bond acceptors (Lipinski definition) is 3. The molecular formula is C25H34N2O3. The number of carboxylic acid groups (broad SMARTS) is 1. The molecule has 4 saturated carbocycles. The van der Waals surface area contributed by atoms with Crippen LogP contribution in [0.2, 0.25) is 0 Å². The molecule has 0 saturated heterocycles. The summed E-state index contributed by atoms with van der Waals surface area (Å²) in [4.78, 5) is 27.8. The number of rotatable bonds is 4. The second kappa shape index (κ2) is 7.08. The first-order chi connectivity index (χ1) is 14.3. The number of amides is 1. The summed E-state index contributed by atoms with van der Waals surface area (Å²) in [5.41, 5.74) is 1.71. The van der Waals surface area contributed by atoms with Crippen molar-refractivity contribution in [2.24, 2.45) is 23.2 Å². The molecule has 1 aromatic rings. The van der Waals surface area contributed by atoms with Gasteiger partial charge >= 0.3 is 5.97 Å². The van der Waals surface area contributed by atoms with Crippen molar-refractivity contribution in [1.82, 2.24) is 10.2 Å². The summed E-state index contributed by atoms with van der Waals surface area (Å²) in [6, 6.07) is 8.76. The number of fused-ring (bicyclic) bond motifs is 1. The van der Waals surface area contributed by atoms with Crippen molar-refractivity contribution < 1.29 is 14.7 Å². The second-order valence-corrected chi connectivity index (χ2v) is 10.9. The summed E-state index contributed by atoms with van der Waals surface area (Å²) in [7, 11) is 0. The van der Waals surface area contributed by atoms with Gasteiger partial charge in [0, 0.05) is 19.1 Å². The van der Waals surface area contributed by atoms with Gasteiger partial charge in [-0.05, 0) is 87.7 Å². The molecule has 0 spiro atoms. The van der Waals surface area contributed by atoms with Crippen LogP contribution in [-0.4, -0.2) is 46.6 Å². The maximum atomic E-state index is 13.5. The van der Waals surface area contributed by atoms with Gasteiger partial charge in [-0.25, -0.2) is 0 Å². The Morgan fingerprint density at radius 1 is 1.03 bits per heavy atom. The molecule has 1 amide bonds. The van der Waals surface area contributed by atoms with Crippen molar-refractivity contribution in [3.8, 4) is 0 Å². The minimum Gasteiger partial charge on any atom is -0.481 e. The van der Waals surface area contributed by atoms with Crippen LogP contribution < -0.4 is 5.32 Å². The summed E-state index contributed by atoms with van der Waals surface area (Å²) in [5.74, 6) is 0.663. The molecule has 4 bridgehead atoms. The van der Waals surface area contributed by atoms with Crippen LogP contribution in [-0.2, 0) is 22.4 Å². The van der Waals surface area contributed by atoms with Crippen LogP contribution in [0.25, 0.3) is 0 Å². The number of aliphatic carboxylic acids is 1. The van der Waals surface area contributed by atoms with Crippen LogP contribution in [0.15, 0.2) is 24.3 Å². The van der Waals surface area contributed by atoms with E-state index in [0.29, 0.717) is 17.8 Å². The molecule has 2 unspecified atom stereocenters. The number of benzene rings is 1. The van der Waals surface area contributed by atoms with Crippen molar-refractivity contribution in [3.05, 3.63) is 35.4 Å². The third kappa shape index (κ3) is 3.17. The van der Waals surface area contributed by atoms with Crippen molar-refractivity contribution in [1.29, 1.82) is 0 Å². The molecule has 4 fully saturated rings. The third-order valence-electron chi connectivity index (χ3n) is 8.79. The molecule has 1 heterocycles. The number of carbonyl (C=O) groups is 2. The molecular weight excluding hydrogens is 376 g/mol. The first-order valence-electron chi connectivity index (χ1n) is 11.6. The van der Waals surface area contributed by atoms with E-state index >= 15 is 0 Å². The van der Waals surface area contributed by atoms with Crippen LogP contribution in [0.1, 0.15) is 57.1 Å². The Kier molecular flexibility index (Phi) is 4.73. The van der Waals surface area contributed by atoms with Crippen molar-refractivity contribution >= 4 is 11.9 Å². The minimum absolute atomic E-state index is 0.107. The summed E-state index contributed by atoms with van der Waals surface area (Å²) >= 11 is 0. The standard InChI is InChI=1S/C25H34N2O3/c1-24(2,27-9-7-17-5-3-4-6-18(17)8-10-27)22(28)26-21-19-11-16-12-20(21)15-25(13-16,14-19)23(29)30/h3-6,16,19-21H,7-15H2,1-2H3,(H,26,28)(H,29,30). The van der Waals surface area contributed by atoms with Crippen LogP contribution in [0.4, 0.5) is 0 Å². The first-order valence-corrected chi connectivity index (χ1v) is 11.6. The number of carbonyl (C=O) groups excluding carboxylic acids is 1. The van der Waals surface area contributed by atoms with E-state index in [-0.39, 0.29) is 11.9 Å². The van der Waals surface area contributed by atoms with E-state index in [2.05, 4.69) is 34.5 Å². The van der Waals surface area contributed by atoms with Gasteiger partial charge in [-0.3, -0.25) is 14.5 Å². The van der Waals surface area contributed by atoms with E-state index in [9.17, 15) is 14.7 Å². The monoisotopic (exact) mass is 410 g/mol. The smallest absolute Gasteiger partial charge is 0.309 e. The Bertz CT molecular complexity index is 821. The zero-order valence-corrected chi connectivity index (χ0v) is 18.2. The summed E-state index contributed by atoms with van der Waals surface area (Å²) in [6.45, 7) is 5.87. The van der Waals surface area contributed by atoms with Gasteiger partial charge in [0.05, 0.1) is 11.0 Å². The van der Waals surface area contributed by atoms with Crippen LogP contribution in [0, 0.1) is 23.2 Å². The number of nitrogens with one attached hydrogen (secondary N) is 1. The average Bonchev–Trinajstić information content (AvgIpc) is 2.93. The van der Waals surface area contributed by atoms with E-state index in [4.69, 9.17) is 0 Å². The van der Waals surface area contributed by atoms with Gasteiger partial charge < -0.3 is 10.4 Å². The lowest BCUT2D eigenvalue weighted by molar-refractivity contribution is -0.168. The van der Waals surface area contributed by atoms with Gasteiger partial charge in [-0.15, -0.1) is 0 Å². The molecule has 0 aromatic heterocycles. The van der Waals surface area contributed by atoms with Crippen LogP contribution >= 0.6 is 0 Å². The van der Waals surface area contributed by atoms with E-state index in [1.165, 1.54) is 11.1 Å². The Morgan fingerprint density at radius 2 is 1.60 bits per heavy atom.